The van der Waals surface area contributed by atoms with Crippen LogP contribution in [0.2, 0.25) is 0 Å². The van der Waals surface area contributed by atoms with Crippen molar-refractivity contribution in [2.45, 2.75) is 30.5 Å². The van der Waals surface area contributed by atoms with Crippen molar-refractivity contribution in [3.63, 3.8) is 0 Å². The van der Waals surface area contributed by atoms with Crippen LogP contribution >= 0.6 is 15.9 Å². The van der Waals surface area contributed by atoms with E-state index < -0.39 is 29.2 Å². The van der Waals surface area contributed by atoms with Gasteiger partial charge >= 0.3 is 6.18 Å². The van der Waals surface area contributed by atoms with Crippen LogP contribution in [0.5, 0.6) is 0 Å². The Morgan fingerprint density at radius 1 is 1.42 bits per heavy atom. The Hall–Kier alpha value is -0.580. The van der Waals surface area contributed by atoms with Crippen molar-refractivity contribution >= 4 is 26.0 Å². The van der Waals surface area contributed by atoms with Crippen molar-refractivity contribution in [2.24, 2.45) is 0 Å². The van der Waals surface area contributed by atoms with E-state index in [4.69, 9.17) is 9.52 Å². The van der Waals surface area contributed by atoms with Crippen LogP contribution in [0.1, 0.15) is 18.6 Å². The molecule has 0 amide bonds. The quantitative estimate of drug-likeness (QED) is 0.757. The summed E-state index contributed by atoms with van der Waals surface area (Å²) in [7, 11) is -3.97. The van der Waals surface area contributed by atoms with Crippen molar-refractivity contribution in [1.29, 1.82) is 0 Å². The molecule has 1 aromatic heterocycles. The van der Waals surface area contributed by atoms with Gasteiger partial charge in [0, 0.05) is 19.0 Å². The second kappa shape index (κ2) is 6.25. The SMILES string of the molecule is O=S(=O)(NCCCC(F)(F)F)c1cc(CO)oc1Br. The van der Waals surface area contributed by atoms with E-state index in [9.17, 15) is 21.6 Å². The van der Waals surface area contributed by atoms with Gasteiger partial charge in [-0.05, 0) is 22.4 Å². The van der Waals surface area contributed by atoms with Crippen LogP contribution in [0.4, 0.5) is 13.2 Å². The van der Waals surface area contributed by atoms with E-state index in [-0.39, 0.29) is 28.3 Å². The van der Waals surface area contributed by atoms with Crippen LogP contribution in [0.3, 0.4) is 0 Å². The first kappa shape index (κ1) is 16.5. The van der Waals surface area contributed by atoms with Gasteiger partial charge in [0.05, 0.1) is 0 Å². The lowest BCUT2D eigenvalue weighted by atomic mass is 10.3. The molecule has 1 aromatic rings. The fourth-order valence-electron chi connectivity index (χ4n) is 1.23. The Balaban J connectivity index is 2.63. The zero-order valence-electron chi connectivity index (χ0n) is 9.50. The first-order chi connectivity index (χ1) is 8.65. The van der Waals surface area contributed by atoms with E-state index >= 15 is 0 Å². The number of furan rings is 1. The highest BCUT2D eigenvalue weighted by Crippen LogP contribution is 2.26. The van der Waals surface area contributed by atoms with Gasteiger partial charge in [-0.25, -0.2) is 13.1 Å². The Kier molecular flexibility index (Phi) is 5.42. The lowest BCUT2D eigenvalue weighted by molar-refractivity contribution is -0.135. The molecule has 0 saturated carbocycles. The third-order valence-corrected chi connectivity index (χ3v) is 4.40. The largest absolute Gasteiger partial charge is 0.450 e. The highest BCUT2D eigenvalue weighted by atomic mass is 79.9. The number of aliphatic hydroxyl groups is 1. The van der Waals surface area contributed by atoms with Crippen LogP contribution in [0, 0.1) is 0 Å². The Morgan fingerprint density at radius 2 is 2.05 bits per heavy atom. The standard InChI is InChI=1S/C9H11BrF3NO4S/c10-8-7(4-6(5-15)18-8)19(16,17)14-3-1-2-9(11,12)13/h4,14-15H,1-3,5H2. The number of halogens is 4. The number of sulfonamides is 1. The predicted octanol–water partition coefficient (Wildman–Crippen LogP) is 2.16. The normalized spacial score (nSPS) is 12.9. The maximum Gasteiger partial charge on any atom is 0.389 e. The van der Waals surface area contributed by atoms with Gasteiger partial charge in [-0.15, -0.1) is 0 Å². The molecule has 0 spiro atoms. The van der Waals surface area contributed by atoms with Crippen LogP contribution < -0.4 is 4.72 Å². The minimum atomic E-state index is -4.31. The van der Waals surface area contributed by atoms with Crippen LogP contribution in [-0.4, -0.2) is 26.2 Å². The Labute approximate surface area is 116 Å². The maximum atomic E-state index is 11.9. The van der Waals surface area contributed by atoms with E-state index in [0.717, 1.165) is 6.07 Å². The molecule has 0 bridgehead atoms. The summed E-state index contributed by atoms with van der Waals surface area (Å²) in [5.41, 5.74) is 0. The van der Waals surface area contributed by atoms with Gasteiger partial charge in [-0.1, -0.05) is 0 Å². The van der Waals surface area contributed by atoms with Crippen molar-refractivity contribution in [3.8, 4) is 0 Å². The fraction of sp³-hybridized carbons (Fsp3) is 0.556. The van der Waals surface area contributed by atoms with Gasteiger partial charge in [0.1, 0.15) is 17.3 Å². The number of nitrogens with one attached hydrogen (secondary N) is 1. The third kappa shape index (κ3) is 5.13. The molecule has 0 aliphatic heterocycles. The van der Waals surface area contributed by atoms with Gasteiger partial charge in [-0.2, -0.15) is 13.2 Å². The molecule has 0 fully saturated rings. The van der Waals surface area contributed by atoms with Gasteiger partial charge in [0.2, 0.25) is 10.0 Å². The first-order valence-corrected chi connectivity index (χ1v) is 7.39. The number of alkyl halides is 3. The fourth-order valence-corrected chi connectivity index (χ4v) is 3.30. The maximum absolute atomic E-state index is 11.9. The van der Waals surface area contributed by atoms with Crippen LogP contribution in [-0.2, 0) is 16.6 Å². The molecule has 0 saturated heterocycles. The number of hydrogen-bond donors (Lipinski definition) is 2. The summed E-state index contributed by atoms with van der Waals surface area (Å²) in [5, 5.41) is 8.79. The molecule has 110 valence electrons. The summed E-state index contributed by atoms with van der Waals surface area (Å²) in [6.45, 7) is -0.823. The Morgan fingerprint density at radius 3 is 2.53 bits per heavy atom. The molecule has 19 heavy (non-hydrogen) atoms. The van der Waals surface area contributed by atoms with E-state index in [1.165, 1.54) is 0 Å². The summed E-state index contributed by atoms with van der Waals surface area (Å²) in [6.07, 6.45) is -5.74. The predicted molar refractivity (Wildman–Crippen MR) is 62.8 cm³/mol. The molecule has 0 radical (unpaired) electrons. The van der Waals surface area contributed by atoms with E-state index in [0.29, 0.717) is 0 Å². The monoisotopic (exact) mass is 365 g/mol. The molecule has 0 unspecified atom stereocenters. The number of aliphatic hydroxyl groups excluding tert-OH is 1. The first-order valence-electron chi connectivity index (χ1n) is 5.11. The molecule has 2 N–H and O–H groups in total. The van der Waals surface area contributed by atoms with E-state index in [1.807, 2.05) is 4.72 Å². The van der Waals surface area contributed by atoms with Gasteiger partial charge in [0.15, 0.2) is 4.67 Å². The molecule has 0 atom stereocenters. The van der Waals surface area contributed by atoms with Crippen molar-refractivity contribution in [1.82, 2.24) is 4.72 Å². The van der Waals surface area contributed by atoms with E-state index in [1.54, 1.807) is 0 Å². The minimum absolute atomic E-state index is 0.0301. The molecule has 0 aromatic carbocycles. The van der Waals surface area contributed by atoms with Crippen LogP contribution in [0.15, 0.2) is 20.0 Å². The Bertz CT molecular complexity index is 526. The molecular formula is C9H11BrF3NO4S. The summed E-state index contributed by atoms with van der Waals surface area (Å²) in [6, 6.07) is 1.09. The smallest absolute Gasteiger partial charge is 0.389 e. The van der Waals surface area contributed by atoms with Crippen molar-refractivity contribution in [3.05, 3.63) is 16.5 Å². The average Bonchev–Trinajstić information content (AvgIpc) is 2.66. The highest BCUT2D eigenvalue weighted by Gasteiger charge is 2.27. The molecule has 5 nitrogen and oxygen atoms in total. The van der Waals surface area contributed by atoms with Crippen LogP contribution in [0.25, 0.3) is 0 Å². The molecule has 1 rings (SSSR count). The lowest BCUT2D eigenvalue weighted by Crippen LogP contribution is -2.25. The van der Waals surface area contributed by atoms with E-state index in [2.05, 4.69) is 15.9 Å². The third-order valence-electron chi connectivity index (χ3n) is 2.08. The summed E-state index contributed by atoms with van der Waals surface area (Å²) in [4.78, 5) is -0.261. The van der Waals surface area contributed by atoms with Crippen molar-refractivity contribution in [2.75, 3.05) is 6.54 Å². The molecule has 0 aliphatic carbocycles. The molecular weight excluding hydrogens is 355 g/mol. The topological polar surface area (TPSA) is 79.5 Å². The molecule has 1 heterocycles. The zero-order valence-corrected chi connectivity index (χ0v) is 11.9. The summed E-state index contributed by atoms with van der Waals surface area (Å²) >= 11 is 2.86. The zero-order chi connectivity index (χ0) is 14.7. The summed E-state index contributed by atoms with van der Waals surface area (Å²) < 4.78 is 65.9. The van der Waals surface area contributed by atoms with Crippen molar-refractivity contribution < 1.29 is 31.1 Å². The highest BCUT2D eigenvalue weighted by molar-refractivity contribution is 9.10. The lowest BCUT2D eigenvalue weighted by Gasteiger charge is -2.07. The van der Waals surface area contributed by atoms with Gasteiger partial charge in [0.25, 0.3) is 0 Å². The molecule has 0 aliphatic rings. The second-order valence-corrected chi connectivity index (χ2v) is 6.08. The second-order valence-electron chi connectivity index (χ2n) is 3.63. The average molecular weight is 366 g/mol. The summed E-state index contributed by atoms with van der Waals surface area (Å²) in [5.74, 6) is 0.0301. The minimum Gasteiger partial charge on any atom is -0.450 e. The molecule has 10 heteroatoms. The van der Waals surface area contributed by atoms with Gasteiger partial charge < -0.3 is 9.52 Å². The van der Waals surface area contributed by atoms with Gasteiger partial charge in [-0.3, -0.25) is 0 Å². The number of rotatable bonds is 6. The number of hydrogen-bond acceptors (Lipinski definition) is 4.